The molecule has 0 unspecified atom stereocenters. The van der Waals surface area contributed by atoms with E-state index in [9.17, 15) is 9.59 Å². The van der Waals surface area contributed by atoms with Crippen LogP contribution in [0.25, 0.3) is 0 Å². The van der Waals surface area contributed by atoms with Crippen LogP contribution in [0.1, 0.15) is 35.7 Å². The summed E-state index contributed by atoms with van der Waals surface area (Å²) in [4.78, 5) is 25.8. The van der Waals surface area contributed by atoms with Crippen LogP contribution >= 0.6 is 0 Å². The Kier molecular flexibility index (Phi) is 4.51. The van der Waals surface area contributed by atoms with E-state index in [1.54, 1.807) is 4.90 Å². The molecule has 0 spiro atoms. The Morgan fingerprint density at radius 1 is 1.17 bits per heavy atom. The maximum atomic E-state index is 12.4. The summed E-state index contributed by atoms with van der Waals surface area (Å²) in [5, 5.41) is 5.66. The van der Waals surface area contributed by atoms with E-state index in [1.807, 2.05) is 48.5 Å². The van der Waals surface area contributed by atoms with E-state index in [0.29, 0.717) is 30.3 Å². The third-order valence-corrected chi connectivity index (χ3v) is 4.11. The van der Waals surface area contributed by atoms with Crippen molar-refractivity contribution < 1.29 is 9.59 Å². The third-order valence-electron chi connectivity index (χ3n) is 4.11. The van der Waals surface area contributed by atoms with E-state index in [1.165, 1.54) is 5.56 Å². The average Bonchev–Trinajstić information content (AvgIpc) is 3.01. The fraction of sp³-hybridized carbons (Fsp3) is 0.263. The molecule has 3 amide bonds. The van der Waals surface area contributed by atoms with Crippen molar-refractivity contribution in [2.75, 3.05) is 23.3 Å². The van der Waals surface area contributed by atoms with Crippen LogP contribution in [-0.4, -0.2) is 25.0 Å². The molecule has 2 aromatic rings. The molecule has 1 aliphatic rings. The van der Waals surface area contributed by atoms with Gasteiger partial charge in [-0.2, -0.15) is 0 Å². The third kappa shape index (κ3) is 3.40. The Balaban J connectivity index is 1.73. The number of rotatable bonds is 4. The second-order valence-electron chi connectivity index (χ2n) is 6.16. The molecule has 1 heterocycles. The number of hydrogen-bond donors (Lipinski definition) is 2. The molecule has 2 N–H and O–H groups in total. The molecule has 0 bridgehead atoms. The number of carbonyl (C=O) groups is 2. The van der Waals surface area contributed by atoms with Gasteiger partial charge in [0.05, 0.1) is 0 Å². The Bertz CT molecular complexity index is 753. The normalized spacial score (nSPS) is 14.0. The minimum atomic E-state index is -0.159. The SMILES string of the molecule is CC(C)c1ccc(C(=O)Nc2cccc(N3CCNC3=O)c2)cc1. The lowest BCUT2D eigenvalue weighted by Gasteiger charge is -2.15. The van der Waals surface area contributed by atoms with Crippen molar-refractivity contribution in [3.8, 4) is 0 Å². The van der Waals surface area contributed by atoms with Crippen LogP contribution in [0.3, 0.4) is 0 Å². The van der Waals surface area contributed by atoms with Gasteiger partial charge in [-0.3, -0.25) is 9.69 Å². The number of hydrogen-bond acceptors (Lipinski definition) is 2. The number of benzene rings is 2. The lowest BCUT2D eigenvalue weighted by Crippen LogP contribution is -2.27. The quantitative estimate of drug-likeness (QED) is 0.903. The van der Waals surface area contributed by atoms with Crippen molar-refractivity contribution in [1.82, 2.24) is 5.32 Å². The first-order valence-corrected chi connectivity index (χ1v) is 8.11. The second-order valence-corrected chi connectivity index (χ2v) is 6.16. The summed E-state index contributed by atoms with van der Waals surface area (Å²) < 4.78 is 0. The van der Waals surface area contributed by atoms with E-state index in [2.05, 4.69) is 24.5 Å². The first kappa shape index (κ1) is 16.1. The van der Waals surface area contributed by atoms with Crippen LogP contribution in [-0.2, 0) is 0 Å². The van der Waals surface area contributed by atoms with Gasteiger partial charge in [0.15, 0.2) is 0 Å². The summed E-state index contributed by atoms with van der Waals surface area (Å²) in [7, 11) is 0. The molecule has 3 rings (SSSR count). The monoisotopic (exact) mass is 323 g/mol. The van der Waals surface area contributed by atoms with Crippen LogP contribution in [0.4, 0.5) is 16.2 Å². The van der Waals surface area contributed by atoms with Crippen molar-refractivity contribution in [3.05, 3.63) is 59.7 Å². The molecule has 1 saturated heterocycles. The smallest absolute Gasteiger partial charge is 0.321 e. The van der Waals surface area contributed by atoms with Gasteiger partial charge in [-0.05, 0) is 41.8 Å². The van der Waals surface area contributed by atoms with E-state index in [0.717, 1.165) is 5.69 Å². The lowest BCUT2D eigenvalue weighted by atomic mass is 10.0. The molecule has 124 valence electrons. The van der Waals surface area contributed by atoms with Crippen LogP contribution in [0.15, 0.2) is 48.5 Å². The number of urea groups is 1. The summed E-state index contributed by atoms with van der Waals surface area (Å²) in [6.45, 7) is 5.51. The molecular weight excluding hydrogens is 302 g/mol. The second kappa shape index (κ2) is 6.74. The largest absolute Gasteiger partial charge is 0.336 e. The first-order valence-electron chi connectivity index (χ1n) is 8.11. The highest BCUT2D eigenvalue weighted by Gasteiger charge is 2.21. The van der Waals surface area contributed by atoms with E-state index >= 15 is 0 Å². The molecule has 24 heavy (non-hydrogen) atoms. The van der Waals surface area contributed by atoms with Crippen molar-refractivity contribution in [2.45, 2.75) is 19.8 Å². The van der Waals surface area contributed by atoms with Crippen molar-refractivity contribution in [2.24, 2.45) is 0 Å². The molecule has 5 heteroatoms. The molecule has 0 aromatic heterocycles. The van der Waals surface area contributed by atoms with Crippen molar-refractivity contribution >= 4 is 23.3 Å². The molecular formula is C19H21N3O2. The Labute approximate surface area is 141 Å². The van der Waals surface area contributed by atoms with Crippen molar-refractivity contribution in [3.63, 3.8) is 0 Å². The highest BCUT2D eigenvalue weighted by molar-refractivity contribution is 6.04. The summed E-state index contributed by atoms with van der Waals surface area (Å²) in [6, 6.07) is 14.8. The minimum Gasteiger partial charge on any atom is -0.336 e. The molecule has 0 aliphatic carbocycles. The fourth-order valence-corrected chi connectivity index (χ4v) is 2.69. The van der Waals surface area contributed by atoms with Gasteiger partial charge >= 0.3 is 6.03 Å². The molecule has 0 radical (unpaired) electrons. The molecule has 0 saturated carbocycles. The molecule has 1 aliphatic heterocycles. The number of anilines is 2. The summed E-state index contributed by atoms with van der Waals surface area (Å²) in [5.41, 5.74) is 3.26. The Morgan fingerprint density at radius 2 is 1.92 bits per heavy atom. The Hall–Kier alpha value is -2.82. The van der Waals surface area contributed by atoms with E-state index in [-0.39, 0.29) is 11.9 Å². The van der Waals surface area contributed by atoms with Gasteiger partial charge in [0.1, 0.15) is 0 Å². The highest BCUT2D eigenvalue weighted by atomic mass is 16.2. The van der Waals surface area contributed by atoms with Gasteiger partial charge < -0.3 is 10.6 Å². The molecule has 2 aromatic carbocycles. The maximum absolute atomic E-state index is 12.4. The maximum Gasteiger partial charge on any atom is 0.321 e. The molecule has 5 nitrogen and oxygen atoms in total. The average molecular weight is 323 g/mol. The Morgan fingerprint density at radius 3 is 2.54 bits per heavy atom. The standard InChI is InChI=1S/C19H21N3O2/c1-13(2)14-6-8-15(9-7-14)18(23)21-16-4-3-5-17(12-16)22-11-10-20-19(22)24/h3-9,12-13H,10-11H2,1-2H3,(H,20,24)(H,21,23). The number of carbonyl (C=O) groups excluding carboxylic acids is 2. The summed E-state index contributed by atoms with van der Waals surface area (Å²) >= 11 is 0. The van der Waals surface area contributed by atoms with Gasteiger partial charge in [-0.15, -0.1) is 0 Å². The van der Waals surface area contributed by atoms with Gasteiger partial charge in [0.2, 0.25) is 0 Å². The van der Waals surface area contributed by atoms with Crippen LogP contribution in [0.5, 0.6) is 0 Å². The summed E-state index contributed by atoms with van der Waals surface area (Å²) in [5.74, 6) is 0.277. The highest BCUT2D eigenvalue weighted by Crippen LogP contribution is 2.22. The zero-order valence-electron chi connectivity index (χ0n) is 13.9. The van der Waals surface area contributed by atoms with E-state index in [4.69, 9.17) is 0 Å². The fourth-order valence-electron chi connectivity index (χ4n) is 2.69. The zero-order chi connectivity index (χ0) is 17.1. The van der Waals surface area contributed by atoms with Gasteiger partial charge in [-0.1, -0.05) is 32.0 Å². The van der Waals surface area contributed by atoms with Crippen molar-refractivity contribution in [1.29, 1.82) is 0 Å². The zero-order valence-corrected chi connectivity index (χ0v) is 13.9. The lowest BCUT2D eigenvalue weighted by molar-refractivity contribution is 0.102. The van der Waals surface area contributed by atoms with Gasteiger partial charge in [-0.25, -0.2) is 4.79 Å². The number of nitrogens with zero attached hydrogens (tertiary/aromatic N) is 1. The van der Waals surface area contributed by atoms with Gasteiger partial charge in [0.25, 0.3) is 5.91 Å². The topological polar surface area (TPSA) is 61.4 Å². The first-order chi connectivity index (χ1) is 11.5. The predicted molar refractivity (Wildman–Crippen MR) is 95.7 cm³/mol. The number of nitrogens with one attached hydrogen (secondary N) is 2. The van der Waals surface area contributed by atoms with Crippen LogP contribution < -0.4 is 15.5 Å². The van der Waals surface area contributed by atoms with E-state index < -0.39 is 0 Å². The van der Waals surface area contributed by atoms with Crippen LogP contribution in [0.2, 0.25) is 0 Å². The molecule has 1 fully saturated rings. The van der Waals surface area contributed by atoms with Gasteiger partial charge in [0, 0.05) is 30.0 Å². The van der Waals surface area contributed by atoms with Crippen LogP contribution in [0, 0.1) is 0 Å². The number of amides is 3. The molecule has 0 atom stereocenters. The minimum absolute atomic E-state index is 0.109. The predicted octanol–water partition coefficient (Wildman–Crippen LogP) is 3.59. The summed E-state index contributed by atoms with van der Waals surface area (Å²) in [6.07, 6.45) is 0.